The Kier molecular flexibility index (Phi) is 3.12. The third kappa shape index (κ3) is 2.05. The second-order valence-corrected chi connectivity index (χ2v) is 5.34. The van der Waals surface area contributed by atoms with Gasteiger partial charge in [-0.05, 0) is 46.5 Å². The first kappa shape index (κ1) is 11.8. The van der Waals surface area contributed by atoms with E-state index in [0.29, 0.717) is 5.92 Å². The van der Waals surface area contributed by atoms with E-state index in [0.717, 1.165) is 35.4 Å². The fourth-order valence-corrected chi connectivity index (χ4v) is 2.96. The lowest BCUT2D eigenvalue weighted by Crippen LogP contribution is -2.05. The first-order valence-corrected chi connectivity index (χ1v) is 7.04. The molecule has 0 radical (unpaired) electrons. The zero-order valence-corrected chi connectivity index (χ0v) is 11.8. The van der Waals surface area contributed by atoms with Gasteiger partial charge in [-0.1, -0.05) is 13.0 Å². The van der Waals surface area contributed by atoms with Crippen LogP contribution in [0.1, 0.15) is 42.0 Å². The number of nitrogens with zero attached hydrogens (tertiary/aromatic N) is 3. The molecule has 1 unspecified atom stereocenters. The molecule has 0 N–H and O–H groups in total. The predicted molar refractivity (Wildman–Crippen MR) is 73.5 cm³/mol. The lowest BCUT2D eigenvalue weighted by molar-refractivity contribution is 0.727. The topological polar surface area (TPSA) is 38.7 Å². The van der Waals surface area contributed by atoms with E-state index in [1.54, 1.807) is 0 Å². The van der Waals surface area contributed by atoms with Crippen LogP contribution in [0.5, 0.6) is 0 Å². The second-order valence-electron chi connectivity index (χ2n) is 4.52. The third-order valence-electron chi connectivity index (χ3n) is 3.39. The summed E-state index contributed by atoms with van der Waals surface area (Å²) < 4.78 is 0.869. The Morgan fingerprint density at radius 2 is 2.28 bits per heavy atom. The SMILES string of the molecule is CCc1nc(Br)cc(C2CCc3cccnc32)n1. The van der Waals surface area contributed by atoms with Crippen LogP contribution in [0.25, 0.3) is 0 Å². The van der Waals surface area contributed by atoms with Crippen molar-refractivity contribution in [1.82, 2.24) is 15.0 Å². The van der Waals surface area contributed by atoms with Crippen molar-refractivity contribution < 1.29 is 0 Å². The van der Waals surface area contributed by atoms with Gasteiger partial charge in [0, 0.05) is 18.5 Å². The first-order chi connectivity index (χ1) is 8.78. The lowest BCUT2D eigenvalue weighted by atomic mass is 10.0. The van der Waals surface area contributed by atoms with Gasteiger partial charge in [0.05, 0.1) is 11.4 Å². The fraction of sp³-hybridized carbons (Fsp3) is 0.357. The Hall–Kier alpha value is -1.29. The van der Waals surface area contributed by atoms with Crippen molar-refractivity contribution in [2.75, 3.05) is 0 Å². The highest BCUT2D eigenvalue weighted by atomic mass is 79.9. The number of aryl methyl sites for hydroxylation is 2. The van der Waals surface area contributed by atoms with Gasteiger partial charge in [-0.15, -0.1) is 0 Å². The van der Waals surface area contributed by atoms with Gasteiger partial charge in [-0.3, -0.25) is 4.98 Å². The zero-order chi connectivity index (χ0) is 12.5. The van der Waals surface area contributed by atoms with Crippen LogP contribution in [0.2, 0.25) is 0 Å². The normalized spacial score (nSPS) is 17.8. The van der Waals surface area contributed by atoms with Crippen LogP contribution in [0.3, 0.4) is 0 Å². The van der Waals surface area contributed by atoms with E-state index in [-0.39, 0.29) is 0 Å². The summed E-state index contributed by atoms with van der Waals surface area (Å²) in [6.07, 6.45) is 4.91. The summed E-state index contributed by atoms with van der Waals surface area (Å²) in [5.41, 5.74) is 3.63. The highest BCUT2D eigenvalue weighted by molar-refractivity contribution is 9.10. The molecule has 0 bridgehead atoms. The minimum absolute atomic E-state index is 0.325. The molecule has 4 heteroatoms. The maximum absolute atomic E-state index is 4.65. The van der Waals surface area contributed by atoms with Crippen LogP contribution in [-0.2, 0) is 12.8 Å². The van der Waals surface area contributed by atoms with Crippen LogP contribution in [0.4, 0.5) is 0 Å². The van der Waals surface area contributed by atoms with Crippen LogP contribution in [-0.4, -0.2) is 15.0 Å². The van der Waals surface area contributed by atoms with Crippen molar-refractivity contribution in [1.29, 1.82) is 0 Å². The summed E-state index contributed by atoms with van der Waals surface area (Å²) in [4.78, 5) is 13.5. The van der Waals surface area contributed by atoms with Crippen molar-refractivity contribution in [2.45, 2.75) is 32.1 Å². The number of aromatic nitrogens is 3. The largest absolute Gasteiger partial charge is 0.260 e. The molecule has 0 spiro atoms. The number of halogens is 1. The van der Waals surface area contributed by atoms with Crippen molar-refractivity contribution in [3.63, 3.8) is 0 Å². The van der Waals surface area contributed by atoms with Crippen LogP contribution < -0.4 is 0 Å². The summed E-state index contributed by atoms with van der Waals surface area (Å²) in [5.74, 6) is 1.22. The average Bonchev–Trinajstić information content (AvgIpc) is 2.81. The molecule has 1 aliphatic carbocycles. The fourth-order valence-electron chi connectivity index (χ4n) is 2.52. The maximum atomic E-state index is 4.65. The van der Waals surface area contributed by atoms with Crippen molar-refractivity contribution in [3.05, 3.63) is 51.8 Å². The Balaban J connectivity index is 2.04. The molecule has 3 rings (SSSR count). The van der Waals surface area contributed by atoms with Crippen LogP contribution >= 0.6 is 15.9 Å². The van der Waals surface area contributed by atoms with Crippen LogP contribution in [0, 0.1) is 0 Å². The van der Waals surface area contributed by atoms with Gasteiger partial charge in [0.1, 0.15) is 10.4 Å². The van der Waals surface area contributed by atoms with E-state index < -0.39 is 0 Å². The molecule has 1 atom stereocenters. The van der Waals surface area contributed by atoms with Gasteiger partial charge < -0.3 is 0 Å². The molecule has 0 aromatic carbocycles. The highest BCUT2D eigenvalue weighted by Gasteiger charge is 2.26. The number of hydrogen-bond acceptors (Lipinski definition) is 3. The van der Waals surface area contributed by atoms with Gasteiger partial charge in [0.15, 0.2) is 0 Å². The molecule has 2 heterocycles. The van der Waals surface area contributed by atoms with Crippen molar-refractivity contribution in [3.8, 4) is 0 Å². The minimum atomic E-state index is 0.325. The van der Waals surface area contributed by atoms with Gasteiger partial charge in [0.25, 0.3) is 0 Å². The smallest absolute Gasteiger partial charge is 0.129 e. The molecule has 3 nitrogen and oxygen atoms in total. The number of pyridine rings is 1. The average molecular weight is 304 g/mol. The van der Waals surface area contributed by atoms with E-state index >= 15 is 0 Å². The van der Waals surface area contributed by atoms with E-state index in [9.17, 15) is 0 Å². The minimum Gasteiger partial charge on any atom is -0.260 e. The monoisotopic (exact) mass is 303 g/mol. The summed E-state index contributed by atoms with van der Waals surface area (Å²) in [5, 5.41) is 0. The van der Waals surface area contributed by atoms with E-state index in [2.05, 4.69) is 43.9 Å². The van der Waals surface area contributed by atoms with Gasteiger partial charge in [-0.25, -0.2) is 9.97 Å². The predicted octanol–water partition coefficient (Wildman–Crippen LogP) is 3.27. The van der Waals surface area contributed by atoms with Crippen molar-refractivity contribution in [2.24, 2.45) is 0 Å². The second kappa shape index (κ2) is 4.76. The maximum Gasteiger partial charge on any atom is 0.129 e. The van der Waals surface area contributed by atoms with Crippen molar-refractivity contribution >= 4 is 15.9 Å². The first-order valence-electron chi connectivity index (χ1n) is 6.25. The molecule has 92 valence electrons. The Bertz CT molecular complexity index is 583. The number of fused-ring (bicyclic) bond motifs is 1. The quantitative estimate of drug-likeness (QED) is 0.799. The van der Waals surface area contributed by atoms with E-state index in [1.807, 2.05) is 18.3 Å². The van der Waals surface area contributed by atoms with Crippen LogP contribution in [0.15, 0.2) is 29.0 Å². The zero-order valence-electron chi connectivity index (χ0n) is 10.2. The molecule has 0 fully saturated rings. The molecular weight excluding hydrogens is 290 g/mol. The summed E-state index contributed by atoms with van der Waals surface area (Å²) in [6, 6.07) is 6.20. The lowest BCUT2D eigenvalue weighted by Gasteiger charge is -2.11. The summed E-state index contributed by atoms with van der Waals surface area (Å²) in [7, 11) is 0. The molecule has 1 aliphatic rings. The van der Waals surface area contributed by atoms with E-state index in [1.165, 1.54) is 11.3 Å². The number of rotatable bonds is 2. The molecule has 18 heavy (non-hydrogen) atoms. The van der Waals surface area contributed by atoms with Gasteiger partial charge in [-0.2, -0.15) is 0 Å². The summed E-state index contributed by atoms with van der Waals surface area (Å²) >= 11 is 3.47. The molecule has 2 aromatic heterocycles. The number of hydrogen-bond donors (Lipinski definition) is 0. The Labute approximate surface area is 115 Å². The molecule has 0 aliphatic heterocycles. The molecule has 2 aromatic rings. The van der Waals surface area contributed by atoms with Gasteiger partial charge >= 0.3 is 0 Å². The highest BCUT2D eigenvalue weighted by Crippen LogP contribution is 2.36. The standard InChI is InChI=1S/C14H14BrN3/c1-2-13-17-11(8-12(15)18-13)10-6-5-9-4-3-7-16-14(9)10/h3-4,7-8,10H,2,5-6H2,1H3. The third-order valence-corrected chi connectivity index (χ3v) is 3.80. The molecular formula is C14H14BrN3. The molecule has 0 saturated carbocycles. The van der Waals surface area contributed by atoms with E-state index in [4.69, 9.17) is 0 Å². The van der Waals surface area contributed by atoms with Gasteiger partial charge in [0.2, 0.25) is 0 Å². The summed E-state index contributed by atoms with van der Waals surface area (Å²) in [6.45, 7) is 2.08. The Morgan fingerprint density at radius 3 is 3.11 bits per heavy atom. The molecule has 0 amide bonds. The Morgan fingerprint density at radius 1 is 1.39 bits per heavy atom. The molecule has 0 saturated heterocycles.